The molecule has 2 aromatic heterocycles. The van der Waals surface area contributed by atoms with Crippen molar-refractivity contribution in [2.75, 3.05) is 0 Å². The molecule has 67 heavy (non-hydrogen) atoms. The lowest BCUT2D eigenvalue weighted by molar-refractivity contribution is 0.633. The summed E-state index contributed by atoms with van der Waals surface area (Å²) in [6, 6.07) is 87.5. The number of hydrogen-bond donors (Lipinski definition) is 0. The molecule has 0 unspecified atom stereocenters. The third-order valence-corrected chi connectivity index (χ3v) is 15.3. The van der Waals surface area contributed by atoms with Crippen molar-refractivity contribution >= 4 is 32.6 Å². The monoisotopic (exact) mass is 849 g/mol. The molecule has 0 saturated heterocycles. The van der Waals surface area contributed by atoms with E-state index in [1.807, 2.05) is 6.07 Å². The maximum atomic E-state index is 5.49. The van der Waals surface area contributed by atoms with Crippen molar-refractivity contribution in [3.8, 4) is 50.7 Å². The Hall–Kier alpha value is -8.66. The lowest BCUT2D eigenvalue weighted by atomic mass is 9.52. The molecule has 0 N–H and O–H groups in total. The molecule has 3 aliphatic carbocycles. The van der Waals surface area contributed by atoms with Gasteiger partial charge in [-0.25, -0.2) is 9.97 Å². The summed E-state index contributed by atoms with van der Waals surface area (Å²) in [6.07, 6.45) is 0. The first-order chi connectivity index (χ1) is 33.3. The molecule has 2 spiro atoms. The fraction of sp³-hybridized carbons (Fsp3) is 0.0312. The third kappa shape index (κ3) is 4.60. The predicted molar refractivity (Wildman–Crippen MR) is 273 cm³/mol. The lowest BCUT2D eigenvalue weighted by Crippen LogP contribution is -2.43. The molecule has 0 fully saturated rings. The highest BCUT2D eigenvalue weighted by molar-refractivity contribution is 6.24. The number of aromatic nitrogens is 3. The van der Waals surface area contributed by atoms with Crippen molar-refractivity contribution in [1.82, 2.24) is 14.5 Å². The number of fused-ring (bicyclic) bond motifs is 22. The first kappa shape index (κ1) is 36.7. The molecular weight excluding hydrogens is 811 g/mol. The zero-order valence-corrected chi connectivity index (χ0v) is 36.4. The van der Waals surface area contributed by atoms with Crippen LogP contribution in [0.15, 0.2) is 237 Å². The van der Waals surface area contributed by atoms with Crippen LogP contribution >= 0.6 is 0 Å². The highest BCUT2D eigenvalue weighted by atomic mass is 15.1. The zero-order chi connectivity index (χ0) is 43.8. The van der Waals surface area contributed by atoms with Gasteiger partial charge in [0.2, 0.25) is 0 Å². The molecule has 310 valence electrons. The van der Waals surface area contributed by atoms with E-state index in [0.29, 0.717) is 5.82 Å². The first-order valence-corrected chi connectivity index (χ1v) is 23.2. The van der Waals surface area contributed by atoms with Gasteiger partial charge in [0, 0.05) is 33.4 Å². The summed E-state index contributed by atoms with van der Waals surface area (Å²) in [6.45, 7) is 0. The molecule has 15 rings (SSSR count). The third-order valence-electron chi connectivity index (χ3n) is 15.3. The van der Waals surface area contributed by atoms with Crippen LogP contribution in [-0.4, -0.2) is 14.5 Å². The Labute approximate surface area is 388 Å². The number of benzene rings is 10. The van der Waals surface area contributed by atoms with Gasteiger partial charge in [0.05, 0.1) is 27.6 Å². The second-order valence-electron chi connectivity index (χ2n) is 18.3. The molecule has 10 aromatic carbocycles. The van der Waals surface area contributed by atoms with Gasteiger partial charge in [0.15, 0.2) is 5.82 Å². The van der Waals surface area contributed by atoms with E-state index in [9.17, 15) is 0 Å². The van der Waals surface area contributed by atoms with Gasteiger partial charge in [0.1, 0.15) is 5.82 Å². The molecule has 0 atom stereocenters. The van der Waals surface area contributed by atoms with E-state index in [4.69, 9.17) is 9.97 Å². The Balaban J connectivity index is 1.09. The summed E-state index contributed by atoms with van der Waals surface area (Å²) in [5, 5.41) is 4.80. The van der Waals surface area contributed by atoms with Crippen LogP contribution in [0.3, 0.4) is 0 Å². The molecule has 0 amide bonds. The molecule has 3 aliphatic rings. The van der Waals surface area contributed by atoms with Crippen molar-refractivity contribution in [1.29, 1.82) is 0 Å². The van der Waals surface area contributed by atoms with Gasteiger partial charge in [-0.05, 0) is 78.2 Å². The first-order valence-electron chi connectivity index (χ1n) is 23.2. The van der Waals surface area contributed by atoms with E-state index in [-0.39, 0.29) is 0 Å². The average Bonchev–Trinajstić information content (AvgIpc) is 4.02. The Morgan fingerprint density at radius 1 is 0.343 bits per heavy atom. The maximum Gasteiger partial charge on any atom is 0.162 e. The van der Waals surface area contributed by atoms with Gasteiger partial charge in [-0.2, -0.15) is 0 Å². The fourth-order valence-corrected chi connectivity index (χ4v) is 12.9. The topological polar surface area (TPSA) is 30.7 Å². The van der Waals surface area contributed by atoms with Gasteiger partial charge in [0.25, 0.3) is 0 Å². The maximum absolute atomic E-state index is 5.49. The van der Waals surface area contributed by atoms with Crippen molar-refractivity contribution < 1.29 is 0 Å². The molecule has 0 saturated carbocycles. The van der Waals surface area contributed by atoms with Crippen molar-refractivity contribution in [2.45, 2.75) is 10.8 Å². The Morgan fingerprint density at radius 3 is 1.46 bits per heavy atom. The van der Waals surface area contributed by atoms with Crippen LogP contribution in [0.4, 0.5) is 0 Å². The van der Waals surface area contributed by atoms with Gasteiger partial charge < -0.3 is 0 Å². The van der Waals surface area contributed by atoms with Gasteiger partial charge in [-0.15, -0.1) is 0 Å². The van der Waals surface area contributed by atoms with Crippen molar-refractivity contribution in [3.63, 3.8) is 0 Å². The highest BCUT2D eigenvalue weighted by Crippen LogP contribution is 2.68. The van der Waals surface area contributed by atoms with Crippen LogP contribution in [0.1, 0.15) is 44.5 Å². The van der Waals surface area contributed by atoms with Crippen molar-refractivity contribution in [3.05, 3.63) is 281 Å². The minimum Gasteiger partial charge on any atom is -0.293 e. The van der Waals surface area contributed by atoms with E-state index in [2.05, 4.69) is 235 Å². The van der Waals surface area contributed by atoms with Crippen LogP contribution in [0.2, 0.25) is 0 Å². The minimum atomic E-state index is -0.605. The Morgan fingerprint density at radius 2 is 0.836 bits per heavy atom. The largest absolute Gasteiger partial charge is 0.293 e. The molecule has 0 radical (unpaired) electrons. The number of hydrogen-bond acceptors (Lipinski definition) is 2. The second-order valence-corrected chi connectivity index (χ2v) is 18.3. The van der Waals surface area contributed by atoms with E-state index in [0.717, 1.165) is 33.7 Å². The van der Waals surface area contributed by atoms with Crippen LogP contribution in [0, 0.1) is 0 Å². The highest BCUT2D eigenvalue weighted by Gasteiger charge is 2.59. The zero-order valence-electron chi connectivity index (χ0n) is 36.4. The summed E-state index contributed by atoms with van der Waals surface area (Å²) in [5.74, 6) is 1.52. The summed E-state index contributed by atoms with van der Waals surface area (Å²) in [4.78, 5) is 10.7. The normalized spacial score (nSPS) is 14.2. The Kier molecular flexibility index (Phi) is 7.36. The summed E-state index contributed by atoms with van der Waals surface area (Å²) in [5.41, 5.74) is 19.9. The quantitative estimate of drug-likeness (QED) is 0.177. The van der Waals surface area contributed by atoms with Crippen LogP contribution in [-0.2, 0) is 10.8 Å². The van der Waals surface area contributed by atoms with Gasteiger partial charge in [-0.1, -0.05) is 224 Å². The van der Waals surface area contributed by atoms with Gasteiger partial charge in [-0.3, -0.25) is 4.57 Å². The number of rotatable bonds is 3. The van der Waals surface area contributed by atoms with Crippen LogP contribution in [0.5, 0.6) is 0 Å². The smallest absolute Gasteiger partial charge is 0.162 e. The standard InChI is InChI=1S/C64H39N3/c1-3-20-41(21-4-1)56-39-58(66-62(65-56)42-22-5-2-6-23-42)67-57-38-37-55-59(60(57)47-36-35-40-19-7-8-24-43(40)61(47)67)46-27-11-14-30-50(46)64(55)53-33-17-15-31-51(53)63(52-32-16-18-34-54(52)64)48-28-12-9-25-44(48)45-26-10-13-29-49(45)63/h1-39H. The predicted octanol–water partition coefficient (Wildman–Crippen LogP) is 15.1. The molecule has 0 aliphatic heterocycles. The van der Waals surface area contributed by atoms with E-state index in [1.54, 1.807) is 0 Å². The average molecular weight is 850 g/mol. The Bertz CT molecular complexity index is 3900. The molecule has 2 heterocycles. The van der Waals surface area contributed by atoms with Crippen molar-refractivity contribution in [2.24, 2.45) is 0 Å². The summed E-state index contributed by atoms with van der Waals surface area (Å²) < 4.78 is 2.42. The number of nitrogens with zero attached hydrogens (tertiary/aromatic N) is 3. The summed E-state index contributed by atoms with van der Waals surface area (Å²) in [7, 11) is 0. The molecule has 3 heteroatoms. The second kappa shape index (κ2) is 13.4. The SMILES string of the molecule is c1ccc(-c2cc(-n3c4ccc5c(c4c4ccc6ccccc6c43)-c3ccccc3C53c4ccccc4C4(c5ccccc5-c5ccccc54)c4ccccc43)nc(-c3ccccc3)n2)cc1. The van der Waals surface area contributed by atoms with Crippen LogP contribution < -0.4 is 0 Å². The van der Waals surface area contributed by atoms with E-state index in [1.165, 1.54) is 88.3 Å². The van der Waals surface area contributed by atoms with E-state index < -0.39 is 10.8 Å². The molecular formula is C64H39N3. The van der Waals surface area contributed by atoms with Crippen LogP contribution in [0.25, 0.3) is 83.3 Å². The molecule has 3 nitrogen and oxygen atoms in total. The lowest BCUT2D eigenvalue weighted by Gasteiger charge is -2.48. The van der Waals surface area contributed by atoms with Gasteiger partial charge >= 0.3 is 0 Å². The summed E-state index contributed by atoms with van der Waals surface area (Å²) >= 11 is 0. The fourth-order valence-electron chi connectivity index (χ4n) is 12.9. The van der Waals surface area contributed by atoms with E-state index >= 15 is 0 Å². The minimum absolute atomic E-state index is 0.498. The molecule has 12 aromatic rings. The molecule has 0 bridgehead atoms.